The number of alkyl halides is 1. The van der Waals surface area contributed by atoms with Gasteiger partial charge in [-0.3, -0.25) is 4.79 Å². The Morgan fingerprint density at radius 3 is 2.75 bits per heavy atom. The Hall–Kier alpha value is -1.75. The molecule has 0 aliphatic carbocycles. The van der Waals surface area contributed by atoms with Crippen molar-refractivity contribution in [1.82, 2.24) is 0 Å². The average molecular weight is 244 g/mol. The first-order chi connectivity index (χ1) is 7.60. The molecule has 0 unspecified atom stereocenters. The van der Waals surface area contributed by atoms with E-state index in [9.17, 15) is 14.7 Å². The molecule has 1 amide bonds. The molecule has 1 aromatic carbocycles. The minimum atomic E-state index is -0.681. The zero-order valence-electron chi connectivity index (χ0n) is 8.49. The molecule has 0 saturated carbocycles. The van der Waals surface area contributed by atoms with Crippen molar-refractivity contribution in [3.63, 3.8) is 0 Å². The predicted molar refractivity (Wildman–Crippen MR) is 58.8 cm³/mol. The summed E-state index contributed by atoms with van der Waals surface area (Å²) >= 11 is 5.30. The van der Waals surface area contributed by atoms with E-state index >= 15 is 0 Å². The highest BCUT2D eigenvalue weighted by Gasteiger charge is 2.15. The molecule has 0 bridgehead atoms. The number of benzene rings is 1. The van der Waals surface area contributed by atoms with Crippen molar-refractivity contribution < 1.29 is 19.4 Å². The van der Waals surface area contributed by atoms with Crippen molar-refractivity contribution in [3.8, 4) is 5.75 Å². The van der Waals surface area contributed by atoms with E-state index in [2.05, 4.69) is 10.1 Å². The Labute approximate surface area is 97.0 Å². The van der Waals surface area contributed by atoms with Crippen LogP contribution in [0.2, 0.25) is 0 Å². The first-order valence-electron chi connectivity index (χ1n) is 4.36. The van der Waals surface area contributed by atoms with E-state index in [4.69, 9.17) is 11.6 Å². The molecule has 6 heteroatoms. The fraction of sp³-hybridized carbons (Fsp3) is 0.200. The second-order valence-corrected chi connectivity index (χ2v) is 3.14. The van der Waals surface area contributed by atoms with E-state index < -0.39 is 11.9 Å². The van der Waals surface area contributed by atoms with Gasteiger partial charge >= 0.3 is 5.97 Å². The average Bonchev–Trinajstić information content (AvgIpc) is 2.30. The summed E-state index contributed by atoms with van der Waals surface area (Å²) in [6.07, 6.45) is 0. The number of hydrogen-bond donors (Lipinski definition) is 2. The van der Waals surface area contributed by atoms with Crippen molar-refractivity contribution in [2.45, 2.75) is 0 Å². The summed E-state index contributed by atoms with van der Waals surface area (Å²) in [7, 11) is 1.20. The lowest BCUT2D eigenvalue weighted by molar-refractivity contribution is -0.113. The van der Waals surface area contributed by atoms with Crippen molar-refractivity contribution in [1.29, 1.82) is 0 Å². The van der Waals surface area contributed by atoms with Crippen LogP contribution in [0.5, 0.6) is 5.75 Å². The fourth-order valence-electron chi connectivity index (χ4n) is 1.10. The van der Waals surface area contributed by atoms with E-state index in [0.29, 0.717) is 0 Å². The summed E-state index contributed by atoms with van der Waals surface area (Å²) in [5.74, 6) is -1.73. The lowest BCUT2D eigenvalue weighted by Gasteiger charge is -2.08. The zero-order valence-corrected chi connectivity index (χ0v) is 9.25. The summed E-state index contributed by atoms with van der Waals surface area (Å²) in [6, 6.07) is 4.35. The summed E-state index contributed by atoms with van der Waals surface area (Å²) < 4.78 is 4.47. The Kier molecular flexibility index (Phi) is 4.13. The molecule has 5 nitrogen and oxygen atoms in total. The molecule has 0 atom stereocenters. The molecule has 0 heterocycles. The number of nitrogens with one attached hydrogen (secondary N) is 1. The van der Waals surface area contributed by atoms with E-state index in [-0.39, 0.29) is 22.9 Å². The Bertz CT molecular complexity index is 419. The maximum atomic E-state index is 11.2. The van der Waals surface area contributed by atoms with Gasteiger partial charge < -0.3 is 15.2 Å². The van der Waals surface area contributed by atoms with Gasteiger partial charge in [0.1, 0.15) is 11.4 Å². The lowest BCUT2D eigenvalue weighted by atomic mass is 10.1. The van der Waals surface area contributed by atoms with E-state index in [1.165, 1.54) is 25.3 Å². The number of rotatable bonds is 3. The molecular formula is C10H10ClNO4. The second-order valence-electron chi connectivity index (χ2n) is 2.88. The third-order valence-electron chi connectivity index (χ3n) is 1.84. The third kappa shape index (κ3) is 2.64. The van der Waals surface area contributed by atoms with Gasteiger partial charge in [-0.2, -0.15) is 0 Å². The molecule has 0 spiro atoms. The quantitative estimate of drug-likeness (QED) is 0.477. The third-order valence-corrected chi connectivity index (χ3v) is 2.08. The lowest BCUT2D eigenvalue weighted by Crippen LogP contribution is -2.13. The van der Waals surface area contributed by atoms with Gasteiger partial charge in [0.05, 0.1) is 12.8 Å². The Balaban J connectivity index is 3.04. The van der Waals surface area contributed by atoms with Crippen LogP contribution in [0.25, 0.3) is 0 Å². The molecule has 0 aromatic heterocycles. The molecule has 1 rings (SSSR count). The molecule has 86 valence electrons. The van der Waals surface area contributed by atoms with Crippen LogP contribution in [-0.2, 0) is 9.53 Å². The van der Waals surface area contributed by atoms with Gasteiger partial charge in [0.15, 0.2) is 5.75 Å². The SMILES string of the molecule is COC(=O)c1cccc(NC(=O)CCl)c1O. The van der Waals surface area contributed by atoms with Gasteiger partial charge in [0, 0.05) is 0 Å². The van der Waals surface area contributed by atoms with Crippen molar-refractivity contribution in [2.75, 3.05) is 18.3 Å². The van der Waals surface area contributed by atoms with Crippen molar-refractivity contribution >= 4 is 29.2 Å². The summed E-state index contributed by atoms with van der Waals surface area (Å²) in [5, 5.41) is 12.0. The smallest absolute Gasteiger partial charge is 0.341 e. The maximum Gasteiger partial charge on any atom is 0.341 e. The van der Waals surface area contributed by atoms with Crippen LogP contribution in [0.15, 0.2) is 18.2 Å². The predicted octanol–water partition coefficient (Wildman–Crippen LogP) is 1.36. The number of phenols is 1. The van der Waals surface area contributed by atoms with Gasteiger partial charge in [0.25, 0.3) is 0 Å². The number of esters is 1. The summed E-state index contributed by atoms with van der Waals surface area (Å²) in [4.78, 5) is 22.2. The first-order valence-corrected chi connectivity index (χ1v) is 4.89. The fourth-order valence-corrected chi connectivity index (χ4v) is 1.17. The van der Waals surface area contributed by atoms with Crippen LogP contribution in [-0.4, -0.2) is 30.0 Å². The molecule has 1 aromatic rings. The standard InChI is InChI=1S/C10H10ClNO4/c1-16-10(15)6-3-2-4-7(9(6)14)12-8(13)5-11/h2-4,14H,5H2,1H3,(H,12,13). The van der Waals surface area contributed by atoms with Crippen LogP contribution in [0.3, 0.4) is 0 Å². The topological polar surface area (TPSA) is 75.6 Å². The number of carbonyl (C=O) groups is 2. The highest BCUT2D eigenvalue weighted by molar-refractivity contribution is 6.29. The molecule has 0 radical (unpaired) electrons. The molecule has 0 aliphatic rings. The largest absolute Gasteiger partial charge is 0.505 e. The zero-order chi connectivity index (χ0) is 12.1. The van der Waals surface area contributed by atoms with Crippen LogP contribution in [0.1, 0.15) is 10.4 Å². The minimum absolute atomic E-state index is 0.0186. The number of ether oxygens (including phenoxy) is 1. The van der Waals surface area contributed by atoms with Gasteiger partial charge in [-0.15, -0.1) is 11.6 Å². The van der Waals surface area contributed by atoms with E-state index in [1.54, 1.807) is 0 Å². The number of carbonyl (C=O) groups excluding carboxylic acids is 2. The molecule has 0 saturated heterocycles. The number of aromatic hydroxyl groups is 1. The van der Waals surface area contributed by atoms with Gasteiger partial charge in [-0.25, -0.2) is 4.79 Å². The monoisotopic (exact) mass is 243 g/mol. The number of halogens is 1. The van der Waals surface area contributed by atoms with Gasteiger partial charge in [-0.1, -0.05) is 6.07 Å². The second kappa shape index (κ2) is 5.37. The molecular weight excluding hydrogens is 234 g/mol. The maximum absolute atomic E-state index is 11.2. The number of anilines is 1. The van der Waals surface area contributed by atoms with E-state index in [0.717, 1.165) is 0 Å². The summed E-state index contributed by atoms with van der Waals surface area (Å²) in [5.41, 5.74) is 0.100. The van der Waals surface area contributed by atoms with Gasteiger partial charge in [-0.05, 0) is 12.1 Å². The molecule has 16 heavy (non-hydrogen) atoms. The van der Waals surface area contributed by atoms with Crippen LogP contribution in [0.4, 0.5) is 5.69 Å². The number of phenolic OH excluding ortho intramolecular Hbond substituents is 1. The van der Waals surface area contributed by atoms with E-state index in [1.807, 2.05) is 0 Å². The summed E-state index contributed by atoms with van der Waals surface area (Å²) in [6.45, 7) is 0. The molecule has 0 aliphatic heterocycles. The highest BCUT2D eigenvalue weighted by Crippen LogP contribution is 2.27. The number of hydrogen-bond acceptors (Lipinski definition) is 4. The Morgan fingerprint density at radius 1 is 1.50 bits per heavy atom. The van der Waals surface area contributed by atoms with Crippen LogP contribution >= 0.6 is 11.6 Å². The Morgan fingerprint density at radius 2 is 2.19 bits per heavy atom. The van der Waals surface area contributed by atoms with Crippen molar-refractivity contribution in [2.24, 2.45) is 0 Å². The normalized spacial score (nSPS) is 9.62. The molecule has 2 N–H and O–H groups in total. The van der Waals surface area contributed by atoms with Crippen LogP contribution in [0, 0.1) is 0 Å². The number of methoxy groups -OCH3 is 1. The minimum Gasteiger partial charge on any atom is -0.505 e. The number of amides is 1. The van der Waals surface area contributed by atoms with Crippen LogP contribution < -0.4 is 5.32 Å². The first kappa shape index (κ1) is 12.3. The highest BCUT2D eigenvalue weighted by atomic mass is 35.5. The molecule has 0 fully saturated rings. The van der Waals surface area contributed by atoms with Gasteiger partial charge in [0.2, 0.25) is 5.91 Å². The van der Waals surface area contributed by atoms with Crippen molar-refractivity contribution in [3.05, 3.63) is 23.8 Å². The number of para-hydroxylation sites is 1.